The van der Waals surface area contributed by atoms with Crippen LogP contribution in [-0.4, -0.2) is 18.3 Å². The van der Waals surface area contributed by atoms with E-state index in [1.165, 1.54) is 16.3 Å². The van der Waals surface area contributed by atoms with Crippen molar-refractivity contribution >= 4 is 34.1 Å². The van der Waals surface area contributed by atoms with Gasteiger partial charge in [0.1, 0.15) is 5.75 Å². The third kappa shape index (κ3) is 4.54. The number of ether oxygens (including phenoxy) is 1. The molecule has 0 aromatic heterocycles. The first kappa shape index (κ1) is 17.4. The van der Waals surface area contributed by atoms with Gasteiger partial charge in [-0.3, -0.25) is 4.79 Å². The molecule has 0 aliphatic carbocycles. The van der Waals surface area contributed by atoms with Gasteiger partial charge in [0.25, 0.3) is 0 Å². The molecule has 0 fully saturated rings. The summed E-state index contributed by atoms with van der Waals surface area (Å²) < 4.78 is 5.54. The fourth-order valence-corrected chi connectivity index (χ4v) is 3.54. The SMILES string of the molecule is CCOc1ccccc1NC(=O)CSCc1cccc2ccccc12. The zero-order chi connectivity index (χ0) is 17.5. The molecule has 1 amide bonds. The van der Waals surface area contributed by atoms with Crippen molar-refractivity contribution in [3.8, 4) is 5.75 Å². The van der Waals surface area contributed by atoms with E-state index in [0.717, 1.165) is 11.4 Å². The zero-order valence-electron chi connectivity index (χ0n) is 14.2. The molecule has 0 radical (unpaired) electrons. The van der Waals surface area contributed by atoms with E-state index in [1.807, 2.05) is 43.3 Å². The lowest BCUT2D eigenvalue weighted by Gasteiger charge is -2.11. The number of carbonyl (C=O) groups excluding carboxylic acids is 1. The van der Waals surface area contributed by atoms with Crippen molar-refractivity contribution in [2.24, 2.45) is 0 Å². The second-order valence-electron chi connectivity index (χ2n) is 5.61. The minimum absolute atomic E-state index is 0.0163. The lowest BCUT2D eigenvalue weighted by molar-refractivity contribution is -0.113. The van der Waals surface area contributed by atoms with Crippen LogP contribution in [-0.2, 0) is 10.5 Å². The highest BCUT2D eigenvalue weighted by atomic mass is 32.2. The first-order valence-corrected chi connectivity index (χ1v) is 9.49. The van der Waals surface area contributed by atoms with E-state index < -0.39 is 0 Å². The average Bonchev–Trinajstić information content (AvgIpc) is 2.64. The van der Waals surface area contributed by atoms with Crippen molar-refractivity contribution in [1.29, 1.82) is 0 Å². The van der Waals surface area contributed by atoms with Gasteiger partial charge in [-0.15, -0.1) is 11.8 Å². The summed E-state index contributed by atoms with van der Waals surface area (Å²) in [6.07, 6.45) is 0. The molecule has 0 atom stereocenters. The van der Waals surface area contributed by atoms with Crippen molar-refractivity contribution in [2.45, 2.75) is 12.7 Å². The second-order valence-corrected chi connectivity index (χ2v) is 6.59. The molecule has 3 nitrogen and oxygen atoms in total. The van der Waals surface area contributed by atoms with Crippen LogP contribution in [0, 0.1) is 0 Å². The van der Waals surface area contributed by atoms with Gasteiger partial charge in [0.05, 0.1) is 18.0 Å². The van der Waals surface area contributed by atoms with Crippen molar-refractivity contribution in [2.75, 3.05) is 17.7 Å². The molecule has 0 aliphatic heterocycles. The first-order chi connectivity index (χ1) is 12.3. The van der Waals surface area contributed by atoms with Crippen molar-refractivity contribution < 1.29 is 9.53 Å². The Labute approximate surface area is 152 Å². The van der Waals surface area contributed by atoms with Gasteiger partial charge in [0, 0.05) is 5.75 Å². The van der Waals surface area contributed by atoms with Gasteiger partial charge in [-0.05, 0) is 35.4 Å². The number of fused-ring (bicyclic) bond motifs is 1. The molecule has 25 heavy (non-hydrogen) atoms. The monoisotopic (exact) mass is 351 g/mol. The maximum Gasteiger partial charge on any atom is 0.234 e. The van der Waals surface area contributed by atoms with E-state index in [2.05, 4.69) is 35.6 Å². The van der Waals surface area contributed by atoms with Crippen molar-refractivity contribution in [3.63, 3.8) is 0 Å². The number of anilines is 1. The summed E-state index contributed by atoms with van der Waals surface area (Å²) in [4.78, 5) is 12.2. The Morgan fingerprint density at radius 1 is 1.00 bits per heavy atom. The minimum atomic E-state index is -0.0163. The van der Waals surface area contributed by atoms with E-state index >= 15 is 0 Å². The highest BCUT2D eigenvalue weighted by Gasteiger charge is 2.08. The van der Waals surface area contributed by atoms with E-state index in [1.54, 1.807) is 11.8 Å². The normalized spacial score (nSPS) is 10.6. The molecule has 3 aromatic rings. The fourth-order valence-electron chi connectivity index (χ4n) is 2.71. The third-order valence-electron chi connectivity index (χ3n) is 3.83. The molecule has 0 unspecified atom stereocenters. The number of carbonyl (C=O) groups is 1. The zero-order valence-corrected chi connectivity index (χ0v) is 15.0. The summed E-state index contributed by atoms with van der Waals surface area (Å²) in [5.41, 5.74) is 1.98. The number of para-hydroxylation sites is 2. The van der Waals surface area contributed by atoms with Gasteiger partial charge in [-0.25, -0.2) is 0 Å². The summed E-state index contributed by atoms with van der Waals surface area (Å²) in [6, 6.07) is 22.1. The molecular formula is C21H21NO2S. The van der Waals surface area contributed by atoms with Gasteiger partial charge >= 0.3 is 0 Å². The van der Waals surface area contributed by atoms with Crippen LogP contribution in [0.1, 0.15) is 12.5 Å². The van der Waals surface area contributed by atoms with Crippen molar-refractivity contribution in [3.05, 3.63) is 72.3 Å². The molecule has 0 heterocycles. The second kappa shape index (κ2) is 8.58. The number of hydrogen-bond donors (Lipinski definition) is 1. The minimum Gasteiger partial charge on any atom is -0.492 e. The van der Waals surface area contributed by atoms with E-state index in [9.17, 15) is 4.79 Å². The Balaban J connectivity index is 1.58. The van der Waals surface area contributed by atoms with Gasteiger partial charge in [0.2, 0.25) is 5.91 Å². The molecule has 3 rings (SSSR count). The van der Waals surface area contributed by atoms with Crippen LogP contribution in [0.5, 0.6) is 5.75 Å². The molecule has 3 aromatic carbocycles. The van der Waals surface area contributed by atoms with Gasteiger partial charge in [-0.2, -0.15) is 0 Å². The average molecular weight is 351 g/mol. The highest BCUT2D eigenvalue weighted by Crippen LogP contribution is 2.25. The fraction of sp³-hybridized carbons (Fsp3) is 0.190. The predicted molar refractivity (Wildman–Crippen MR) is 106 cm³/mol. The standard InChI is InChI=1S/C21H21NO2S/c1-2-24-20-13-6-5-12-19(20)22-21(23)15-25-14-17-10-7-9-16-8-3-4-11-18(16)17/h3-13H,2,14-15H2,1H3,(H,22,23). The van der Waals surface area contributed by atoms with E-state index in [-0.39, 0.29) is 5.91 Å². The van der Waals surface area contributed by atoms with Crippen LogP contribution >= 0.6 is 11.8 Å². The first-order valence-electron chi connectivity index (χ1n) is 8.34. The van der Waals surface area contributed by atoms with Crippen LogP contribution in [0.4, 0.5) is 5.69 Å². The van der Waals surface area contributed by atoms with Crippen LogP contribution in [0.15, 0.2) is 66.7 Å². The molecule has 128 valence electrons. The maximum atomic E-state index is 12.2. The van der Waals surface area contributed by atoms with Gasteiger partial charge < -0.3 is 10.1 Å². The highest BCUT2D eigenvalue weighted by molar-refractivity contribution is 7.99. The molecule has 0 aliphatic rings. The molecule has 1 N–H and O–H groups in total. The number of benzene rings is 3. The summed E-state index contributed by atoms with van der Waals surface area (Å²) in [7, 11) is 0. The Morgan fingerprint density at radius 3 is 2.64 bits per heavy atom. The number of amides is 1. The Morgan fingerprint density at radius 2 is 1.76 bits per heavy atom. The molecule has 4 heteroatoms. The summed E-state index contributed by atoms with van der Waals surface area (Å²) in [5, 5.41) is 5.42. The van der Waals surface area contributed by atoms with Crippen LogP contribution in [0.2, 0.25) is 0 Å². The number of nitrogens with one attached hydrogen (secondary N) is 1. The smallest absolute Gasteiger partial charge is 0.234 e. The van der Waals surface area contributed by atoms with Crippen molar-refractivity contribution in [1.82, 2.24) is 0 Å². The Kier molecular flexibility index (Phi) is 5.96. The molecular weight excluding hydrogens is 330 g/mol. The topological polar surface area (TPSA) is 38.3 Å². The largest absolute Gasteiger partial charge is 0.492 e. The summed E-state index contributed by atoms with van der Waals surface area (Å²) in [5.74, 6) is 1.90. The van der Waals surface area contributed by atoms with Crippen LogP contribution < -0.4 is 10.1 Å². The van der Waals surface area contributed by atoms with Gasteiger partial charge in [-0.1, -0.05) is 54.6 Å². The van der Waals surface area contributed by atoms with E-state index in [0.29, 0.717) is 18.1 Å². The van der Waals surface area contributed by atoms with Crippen LogP contribution in [0.3, 0.4) is 0 Å². The maximum absolute atomic E-state index is 12.2. The number of rotatable bonds is 7. The summed E-state index contributed by atoms with van der Waals surface area (Å²) >= 11 is 1.61. The lowest BCUT2D eigenvalue weighted by atomic mass is 10.1. The van der Waals surface area contributed by atoms with Crippen LogP contribution in [0.25, 0.3) is 10.8 Å². The number of hydrogen-bond acceptors (Lipinski definition) is 3. The molecule has 0 saturated carbocycles. The lowest BCUT2D eigenvalue weighted by Crippen LogP contribution is -2.15. The van der Waals surface area contributed by atoms with Gasteiger partial charge in [0.15, 0.2) is 0 Å². The Hall–Kier alpha value is -2.46. The van der Waals surface area contributed by atoms with E-state index in [4.69, 9.17) is 4.74 Å². The molecule has 0 bridgehead atoms. The third-order valence-corrected chi connectivity index (χ3v) is 4.81. The summed E-state index contributed by atoms with van der Waals surface area (Å²) in [6.45, 7) is 2.50. The number of thioether (sulfide) groups is 1. The quantitative estimate of drug-likeness (QED) is 0.643. The molecule has 0 spiro atoms. The molecule has 0 saturated heterocycles. The predicted octanol–water partition coefficient (Wildman–Crippen LogP) is 5.11. The Bertz CT molecular complexity index is 858.